The standard InChI is InChI=1S/C53H111N2O3PS2/c1-8-12-16-20-22-28-34-42-52(60-50-40-18-14-10-3)44-36-30-24-26-32-38-48-57-59(56,54-46-47-55(5,6)7)58-49-39-33-27-25-31-37-45-53(61-51-41-19-15-11-4)43-35-29-23-21-17-13-9-2/h52-53H,5,8-51H2,1-4,6-7H3,(H,54,56). The summed E-state index contributed by atoms with van der Waals surface area (Å²) in [6.07, 6.45) is 51.1. The second kappa shape index (κ2) is 47.3. The van der Waals surface area contributed by atoms with Crippen LogP contribution in [0.15, 0.2) is 0 Å². The van der Waals surface area contributed by atoms with Crippen molar-refractivity contribution in [2.45, 2.75) is 282 Å². The monoisotopic (exact) mass is 919 g/mol. The van der Waals surface area contributed by atoms with E-state index in [1.54, 1.807) is 0 Å². The van der Waals surface area contributed by atoms with Gasteiger partial charge in [-0.25, -0.2) is 9.65 Å². The Balaban J connectivity index is 4.44. The maximum atomic E-state index is 13.7. The topological polar surface area (TPSA) is 47.6 Å². The first kappa shape index (κ1) is 61.8. The molecular formula is C53H111N2O3PS2. The van der Waals surface area contributed by atoms with Crippen LogP contribution >= 0.6 is 31.3 Å². The summed E-state index contributed by atoms with van der Waals surface area (Å²) < 4.78 is 26.4. The van der Waals surface area contributed by atoms with Crippen molar-refractivity contribution in [3.63, 3.8) is 0 Å². The van der Waals surface area contributed by atoms with Crippen molar-refractivity contribution < 1.29 is 18.1 Å². The molecule has 0 heterocycles. The Morgan fingerprint density at radius 3 is 1.03 bits per heavy atom. The van der Waals surface area contributed by atoms with E-state index in [2.05, 4.69) is 77.4 Å². The Morgan fingerprint density at radius 2 is 0.721 bits per heavy atom. The van der Waals surface area contributed by atoms with E-state index in [0.717, 1.165) is 42.7 Å². The fourth-order valence-electron chi connectivity index (χ4n) is 8.19. The highest BCUT2D eigenvalue weighted by Gasteiger charge is 2.24. The van der Waals surface area contributed by atoms with Crippen LogP contribution in [0.4, 0.5) is 0 Å². The maximum absolute atomic E-state index is 13.7. The largest absolute Gasteiger partial charge is 0.461 e. The number of rotatable bonds is 52. The molecular weight excluding hydrogens is 808 g/mol. The molecule has 2 unspecified atom stereocenters. The average Bonchev–Trinajstić information content (AvgIpc) is 3.23. The van der Waals surface area contributed by atoms with Gasteiger partial charge in [-0.1, -0.05) is 220 Å². The molecule has 2 atom stereocenters. The molecule has 1 N–H and O–H groups in total. The minimum atomic E-state index is -3.32. The Labute approximate surface area is 393 Å². The normalized spacial score (nSPS) is 14.1. The van der Waals surface area contributed by atoms with Gasteiger partial charge in [0.1, 0.15) is 0 Å². The third-order valence-corrected chi connectivity index (χ3v) is 16.9. The fourth-order valence-corrected chi connectivity index (χ4v) is 12.3. The third kappa shape index (κ3) is 47.1. The first-order valence-electron chi connectivity index (χ1n) is 27.2. The molecule has 0 radical (unpaired) electrons. The van der Waals surface area contributed by atoms with Crippen LogP contribution < -0.4 is 5.09 Å². The van der Waals surface area contributed by atoms with Crippen LogP contribution in [0.5, 0.6) is 0 Å². The second-order valence-corrected chi connectivity index (χ2v) is 24.1. The van der Waals surface area contributed by atoms with Gasteiger partial charge in [0.2, 0.25) is 0 Å². The number of unbranched alkanes of at least 4 members (excludes halogenated alkanes) is 28. The number of nitrogens with zero attached hydrogens (tertiary/aromatic N) is 1. The first-order chi connectivity index (χ1) is 29.7. The molecule has 0 aromatic rings. The molecule has 0 fully saturated rings. The lowest BCUT2D eigenvalue weighted by atomic mass is 10.0. The van der Waals surface area contributed by atoms with Gasteiger partial charge in [-0.15, -0.1) is 7.05 Å². The number of thioether (sulfide) groups is 2. The van der Waals surface area contributed by atoms with Crippen molar-refractivity contribution in [1.29, 1.82) is 0 Å². The van der Waals surface area contributed by atoms with E-state index in [1.807, 2.05) is 0 Å². The Kier molecular flexibility index (Phi) is 47.9. The van der Waals surface area contributed by atoms with Gasteiger partial charge in [-0.05, 0) is 62.9 Å². The van der Waals surface area contributed by atoms with Crippen LogP contribution in [-0.2, 0) is 13.6 Å². The summed E-state index contributed by atoms with van der Waals surface area (Å²) >= 11 is 4.56. The van der Waals surface area contributed by atoms with E-state index in [9.17, 15) is 4.57 Å². The number of nitrogens with one attached hydrogen (secondary N) is 1. The van der Waals surface area contributed by atoms with Crippen LogP contribution in [0.25, 0.3) is 0 Å². The lowest BCUT2D eigenvalue weighted by Crippen LogP contribution is -2.38. The highest BCUT2D eigenvalue weighted by molar-refractivity contribution is 8.00. The van der Waals surface area contributed by atoms with Crippen molar-refractivity contribution >= 4 is 31.3 Å². The molecule has 0 aliphatic heterocycles. The molecule has 8 heteroatoms. The van der Waals surface area contributed by atoms with Gasteiger partial charge < -0.3 is 4.48 Å². The summed E-state index contributed by atoms with van der Waals surface area (Å²) in [7, 11) is 4.96. The number of hydrogen-bond donors (Lipinski definition) is 1. The highest BCUT2D eigenvalue weighted by Crippen LogP contribution is 2.44. The quantitative estimate of drug-likeness (QED) is 0.0284. The van der Waals surface area contributed by atoms with Crippen LogP contribution in [0.3, 0.4) is 0 Å². The molecule has 0 rings (SSSR count). The summed E-state index contributed by atoms with van der Waals surface area (Å²) in [5.41, 5.74) is 0. The highest BCUT2D eigenvalue weighted by atomic mass is 32.2. The van der Waals surface area contributed by atoms with Crippen LogP contribution in [0.1, 0.15) is 272 Å². The van der Waals surface area contributed by atoms with Crippen molar-refractivity contribution in [3.05, 3.63) is 7.05 Å². The van der Waals surface area contributed by atoms with Crippen molar-refractivity contribution in [2.75, 3.05) is 51.9 Å². The summed E-state index contributed by atoms with van der Waals surface area (Å²) in [4.78, 5) is 0. The van der Waals surface area contributed by atoms with Gasteiger partial charge in [-0.3, -0.25) is 9.05 Å². The number of hydrogen-bond acceptors (Lipinski definition) is 5. The molecule has 0 saturated heterocycles. The van der Waals surface area contributed by atoms with E-state index < -0.39 is 7.75 Å². The van der Waals surface area contributed by atoms with Crippen LogP contribution in [-0.4, -0.2) is 66.9 Å². The van der Waals surface area contributed by atoms with Crippen molar-refractivity contribution in [3.8, 4) is 0 Å². The molecule has 0 aliphatic carbocycles. The maximum Gasteiger partial charge on any atom is 0.405 e. The predicted octanol–water partition coefficient (Wildman–Crippen LogP) is 18.7. The smallest absolute Gasteiger partial charge is 0.405 e. The third-order valence-electron chi connectivity index (χ3n) is 12.3. The van der Waals surface area contributed by atoms with Gasteiger partial charge in [0.05, 0.1) is 26.3 Å². The summed E-state index contributed by atoms with van der Waals surface area (Å²) in [6, 6.07) is 0. The summed E-state index contributed by atoms with van der Waals surface area (Å²) in [6.45, 7) is 11.6. The molecule has 368 valence electrons. The molecule has 0 aromatic heterocycles. The summed E-state index contributed by atoms with van der Waals surface area (Å²) in [5.74, 6) is 2.71. The average molecular weight is 920 g/mol. The van der Waals surface area contributed by atoms with E-state index in [-0.39, 0.29) is 0 Å². The first-order valence-corrected chi connectivity index (χ1v) is 30.9. The van der Waals surface area contributed by atoms with Gasteiger partial charge in [0, 0.05) is 24.6 Å². The molecule has 0 amide bonds. The zero-order chi connectivity index (χ0) is 44.8. The number of quaternary nitrogens is 1. The van der Waals surface area contributed by atoms with Gasteiger partial charge in [-0.2, -0.15) is 23.5 Å². The zero-order valence-electron chi connectivity index (χ0n) is 42.4. The Morgan fingerprint density at radius 1 is 0.443 bits per heavy atom. The Bertz CT molecular complexity index is 849. The lowest BCUT2D eigenvalue weighted by Gasteiger charge is -2.33. The fraction of sp³-hybridized carbons (Fsp3) is 0.981. The van der Waals surface area contributed by atoms with Gasteiger partial charge >= 0.3 is 7.75 Å². The second-order valence-electron chi connectivity index (χ2n) is 19.5. The SMILES string of the molecule is [CH2-][N+](C)(C)CCNP(=O)(OCCCCCCCCC(CCCCCCCCC)SCCCCCC)OCCCCCCCCC(CCCCCCCCC)SCCCCCC. The predicted molar refractivity (Wildman–Crippen MR) is 280 cm³/mol. The van der Waals surface area contributed by atoms with E-state index in [0.29, 0.717) is 24.2 Å². The molecule has 0 saturated carbocycles. The van der Waals surface area contributed by atoms with Crippen molar-refractivity contribution in [2.24, 2.45) is 0 Å². The van der Waals surface area contributed by atoms with Crippen molar-refractivity contribution in [1.82, 2.24) is 5.09 Å². The molecule has 61 heavy (non-hydrogen) atoms. The van der Waals surface area contributed by atoms with E-state index >= 15 is 0 Å². The number of likely N-dealkylation sites (N-methyl/N-ethyl adjacent to an activating group) is 1. The van der Waals surface area contributed by atoms with Gasteiger partial charge in [0.15, 0.2) is 0 Å². The molecule has 0 spiro atoms. The molecule has 5 nitrogen and oxygen atoms in total. The molecule has 0 aliphatic rings. The van der Waals surface area contributed by atoms with Crippen LogP contribution in [0.2, 0.25) is 0 Å². The van der Waals surface area contributed by atoms with E-state index in [4.69, 9.17) is 9.05 Å². The van der Waals surface area contributed by atoms with Crippen LogP contribution in [0, 0.1) is 7.05 Å². The Hall–Kier alpha value is 0.770. The molecule has 0 aromatic carbocycles. The minimum Gasteiger partial charge on any atom is -0.461 e. The lowest BCUT2D eigenvalue weighted by molar-refractivity contribution is -0.844. The summed E-state index contributed by atoms with van der Waals surface area (Å²) in [5, 5.41) is 4.89. The van der Waals surface area contributed by atoms with Gasteiger partial charge in [0.25, 0.3) is 0 Å². The minimum absolute atomic E-state index is 0.499. The zero-order valence-corrected chi connectivity index (χ0v) is 44.9. The van der Waals surface area contributed by atoms with E-state index in [1.165, 1.54) is 230 Å². The molecule has 0 bridgehead atoms.